The van der Waals surface area contributed by atoms with Crippen LogP contribution in [0.2, 0.25) is 0 Å². The van der Waals surface area contributed by atoms with Gasteiger partial charge in [0.05, 0.1) is 6.07 Å². The number of hydrogen-bond acceptors (Lipinski definition) is 3. The minimum atomic E-state index is -0.741. The topological polar surface area (TPSA) is 52.9 Å². The van der Waals surface area contributed by atoms with Gasteiger partial charge in [-0.15, -0.1) is 11.3 Å². The van der Waals surface area contributed by atoms with Crippen LogP contribution in [0.3, 0.4) is 0 Å². The number of amides is 1. The van der Waals surface area contributed by atoms with Crippen LogP contribution in [0.25, 0.3) is 0 Å². The molecule has 0 saturated heterocycles. The lowest BCUT2D eigenvalue weighted by Gasteiger charge is -2.39. The zero-order valence-corrected chi connectivity index (χ0v) is 10.7. The lowest BCUT2D eigenvalue weighted by Crippen LogP contribution is -2.48. The highest BCUT2D eigenvalue weighted by Crippen LogP contribution is 2.44. The first-order valence-electron chi connectivity index (χ1n) is 5.88. The molecule has 2 rings (SSSR count). The summed E-state index contributed by atoms with van der Waals surface area (Å²) in [6.45, 7) is 2.70. The predicted octanol–water partition coefficient (Wildman–Crippen LogP) is 2.35. The Balaban J connectivity index is 1.80. The summed E-state index contributed by atoms with van der Waals surface area (Å²) in [7, 11) is 0. The van der Waals surface area contributed by atoms with Crippen molar-refractivity contribution < 1.29 is 4.79 Å². The summed E-state index contributed by atoms with van der Waals surface area (Å²) in [5.74, 6) is 0.410. The SMILES string of the molecule is CC1CC(C#N)(C(=O)NCCc2cccs2)C1. The van der Waals surface area contributed by atoms with Gasteiger partial charge in [0.2, 0.25) is 5.91 Å². The molecule has 17 heavy (non-hydrogen) atoms. The van der Waals surface area contributed by atoms with E-state index in [2.05, 4.69) is 24.4 Å². The Morgan fingerprint density at radius 2 is 2.47 bits per heavy atom. The summed E-state index contributed by atoms with van der Waals surface area (Å²) in [4.78, 5) is 13.2. The smallest absolute Gasteiger partial charge is 0.240 e. The van der Waals surface area contributed by atoms with Crippen LogP contribution >= 0.6 is 11.3 Å². The van der Waals surface area contributed by atoms with E-state index in [1.807, 2.05) is 11.4 Å². The normalized spacial score (nSPS) is 26.9. The zero-order chi connectivity index (χ0) is 12.3. The number of nitrogens with one attached hydrogen (secondary N) is 1. The maximum atomic E-state index is 11.9. The number of rotatable bonds is 4. The third-order valence-corrected chi connectivity index (χ3v) is 4.22. The van der Waals surface area contributed by atoms with Gasteiger partial charge in [0.1, 0.15) is 5.41 Å². The van der Waals surface area contributed by atoms with Crippen LogP contribution < -0.4 is 5.32 Å². The summed E-state index contributed by atoms with van der Waals surface area (Å²) < 4.78 is 0. The molecule has 1 amide bonds. The zero-order valence-electron chi connectivity index (χ0n) is 9.90. The summed E-state index contributed by atoms with van der Waals surface area (Å²) in [5, 5.41) is 14.0. The van der Waals surface area contributed by atoms with Crippen molar-refractivity contribution in [1.29, 1.82) is 5.26 Å². The number of nitrogens with zero attached hydrogens (tertiary/aromatic N) is 1. The maximum absolute atomic E-state index is 11.9. The van der Waals surface area contributed by atoms with E-state index in [4.69, 9.17) is 5.26 Å². The van der Waals surface area contributed by atoms with E-state index in [1.165, 1.54) is 4.88 Å². The lowest BCUT2D eigenvalue weighted by molar-refractivity contribution is -0.133. The van der Waals surface area contributed by atoms with Crippen LogP contribution in [0.4, 0.5) is 0 Å². The van der Waals surface area contributed by atoms with Crippen molar-refractivity contribution in [2.45, 2.75) is 26.2 Å². The largest absolute Gasteiger partial charge is 0.354 e. The number of hydrogen-bond donors (Lipinski definition) is 1. The Morgan fingerprint density at radius 1 is 1.71 bits per heavy atom. The van der Waals surface area contributed by atoms with Crippen molar-refractivity contribution >= 4 is 17.2 Å². The fraction of sp³-hybridized carbons (Fsp3) is 0.538. The second-order valence-electron chi connectivity index (χ2n) is 4.79. The molecule has 1 aliphatic rings. The molecule has 1 N–H and O–H groups in total. The third-order valence-electron chi connectivity index (χ3n) is 3.28. The van der Waals surface area contributed by atoms with Gasteiger partial charge in [0.25, 0.3) is 0 Å². The molecule has 0 atom stereocenters. The molecule has 0 radical (unpaired) electrons. The van der Waals surface area contributed by atoms with Crippen LogP contribution in [-0.4, -0.2) is 12.5 Å². The van der Waals surface area contributed by atoms with Gasteiger partial charge < -0.3 is 5.32 Å². The Hall–Kier alpha value is -1.34. The molecule has 0 spiro atoms. The number of nitriles is 1. The van der Waals surface area contributed by atoms with Gasteiger partial charge in [0.15, 0.2) is 0 Å². The van der Waals surface area contributed by atoms with E-state index in [0.717, 1.165) is 6.42 Å². The van der Waals surface area contributed by atoms with E-state index in [-0.39, 0.29) is 5.91 Å². The molecule has 0 bridgehead atoms. The quantitative estimate of drug-likeness (QED) is 0.889. The van der Waals surface area contributed by atoms with Gasteiger partial charge in [-0.3, -0.25) is 4.79 Å². The minimum absolute atomic E-state index is 0.0883. The molecule has 0 aromatic carbocycles. The monoisotopic (exact) mass is 248 g/mol. The molecule has 3 nitrogen and oxygen atoms in total. The Bertz CT molecular complexity index is 427. The summed E-state index contributed by atoms with van der Waals surface area (Å²) in [5.41, 5.74) is -0.741. The van der Waals surface area contributed by atoms with Crippen molar-refractivity contribution in [3.05, 3.63) is 22.4 Å². The van der Waals surface area contributed by atoms with Gasteiger partial charge in [-0.25, -0.2) is 0 Å². The number of thiophene rings is 1. The molecule has 1 aromatic rings. The van der Waals surface area contributed by atoms with Crippen molar-refractivity contribution in [2.75, 3.05) is 6.54 Å². The second-order valence-corrected chi connectivity index (χ2v) is 5.82. The second kappa shape index (κ2) is 4.89. The predicted molar refractivity (Wildman–Crippen MR) is 67.5 cm³/mol. The highest BCUT2D eigenvalue weighted by molar-refractivity contribution is 7.09. The van der Waals surface area contributed by atoms with Gasteiger partial charge in [0, 0.05) is 11.4 Å². The van der Waals surface area contributed by atoms with Gasteiger partial charge in [-0.05, 0) is 36.6 Å². The van der Waals surface area contributed by atoms with Gasteiger partial charge >= 0.3 is 0 Å². The lowest BCUT2D eigenvalue weighted by atomic mass is 9.63. The van der Waals surface area contributed by atoms with Crippen LogP contribution in [0.5, 0.6) is 0 Å². The van der Waals surface area contributed by atoms with Gasteiger partial charge in [-0.2, -0.15) is 5.26 Å². The van der Waals surface area contributed by atoms with Gasteiger partial charge in [-0.1, -0.05) is 13.0 Å². The van der Waals surface area contributed by atoms with E-state index in [0.29, 0.717) is 25.3 Å². The van der Waals surface area contributed by atoms with Crippen molar-refractivity contribution in [1.82, 2.24) is 5.32 Å². The molecular formula is C13H16N2OS. The molecule has 1 aliphatic carbocycles. The maximum Gasteiger partial charge on any atom is 0.240 e. The van der Waals surface area contributed by atoms with E-state index < -0.39 is 5.41 Å². The summed E-state index contributed by atoms with van der Waals surface area (Å²) in [6.07, 6.45) is 2.25. The molecule has 0 unspecified atom stereocenters. The molecule has 0 aliphatic heterocycles. The van der Waals surface area contributed by atoms with Crippen LogP contribution in [0, 0.1) is 22.7 Å². The first-order valence-corrected chi connectivity index (χ1v) is 6.76. The molecule has 1 fully saturated rings. The fourth-order valence-corrected chi connectivity index (χ4v) is 3.09. The van der Waals surface area contributed by atoms with Crippen LogP contribution in [0.1, 0.15) is 24.6 Å². The van der Waals surface area contributed by atoms with Crippen molar-refractivity contribution in [3.63, 3.8) is 0 Å². The number of carbonyl (C=O) groups excluding carboxylic acids is 1. The van der Waals surface area contributed by atoms with E-state index >= 15 is 0 Å². The standard InChI is InChI=1S/C13H16N2OS/c1-10-7-13(8-10,9-14)12(16)15-5-4-11-3-2-6-17-11/h2-3,6,10H,4-5,7-8H2,1H3,(H,15,16). The summed E-state index contributed by atoms with van der Waals surface area (Å²) >= 11 is 1.69. The third kappa shape index (κ3) is 2.50. The average molecular weight is 248 g/mol. The minimum Gasteiger partial charge on any atom is -0.354 e. The molecule has 90 valence electrons. The van der Waals surface area contributed by atoms with Crippen molar-refractivity contribution in [2.24, 2.45) is 11.3 Å². The van der Waals surface area contributed by atoms with E-state index in [9.17, 15) is 4.79 Å². The Morgan fingerprint density at radius 3 is 3.00 bits per heavy atom. The molecule has 1 aromatic heterocycles. The van der Waals surface area contributed by atoms with Crippen LogP contribution in [0.15, 0.2) is 17.5 Å². The first kappa shape index (κ1) is 12.1. The molecule has 1 heterocycles. The summed E-state index contributed by atoms with van der Waals surface area (Å²) in [6, 6.07) is 6.24. The van der Waals surface area contributed by atoms with Crippen molar-refractivity contribution in [3.8, 4) is 6.07 Å². The Kier molecular flexibility index (Phi) is 3.49. The van der Waals surface area contributed by atoms with Crippen LogP contribution in [-0.2, 0) is 11.2 Å². The Labute approximate surface area is 105 Å². The first-order chi connectivity index (χ1) is 8.16. The van der Waals surface area contributed by atoms with E-state index in [1.54, 1.807) is 11.3 Å². The average Bonchev–Trinajstić information content (AvgIpc) is 2.77. The molecule has 4 heteroatoms. The highest BCUT2D eigenvalue weighted by Gasteiger charge is 2.48. The highest BCUT2D eigenvalue weighted by atomic mass is 32.1. The fourth-order valence-electron chi connectivity index (χ4n) is 2.38. The molecular weight excluding hydrogens is 232 g/mol. The number of carbonyl (C=O) groups is 1. The molecule has 1 saturated carbocycles.